The topological polar surface area (TPSA) is 116 Å². The first-order valence-corrected chi connectivity index (χ1v) is 7.98. The smallest absolute Gasteiger partial charge is 0.339 e. The number of furan rings is 1. The maximum Gasteiger partial charge on any atom is 0.339 e. The second-order valence-corrected chi connectivity index (χ2v) is 5.71. The quantitative estimate of drug-likeness (QED) is 0.822. The van der Waals surface area contributed by atoms with E-state index in [9.17, 15) is 14.4 Å². The fourth-order valence-corrected chi connectivity index (χ4v) is 2.75. The molecule has 0 radical (unpaired) electrons. The summed E-state index contributed by atoms with van der Waals surface area (Å²) in [6, 6.07) is 1.39. The summed E-state index contributed by atoms with van der Waals surface area (Å²) in [5.74, 6) is -0.938. The molecule has 0 atom stereocenters. The highest BCUT2D eigenvalue weighted by atomic mass is 16.4. The highest BCUT2D eigenvalue weighted by molar-refractivity contribution is 5.95. The summed E-state index contributed by atoms with van der Waals surface area (Å²) in [4.78, 5) is 37.3. The summed E-state index contributed by atoms with van der Waals surface area (Å²) in [5, 5.41) is 15.4. The second-order valence-electron chi connectivity index (χ2n) is 5.71. The van der Waals surface area contributed by atoms with Crippen LogP contribution in [0.2, 0.25) is 0 Å². The van der Waals surface area contributed by atoms with Gasteiger partial charge in [-0.05, 0) is 31.4 Å². The van der Waals surface area contributed by atoms with Crippen molar-refractivity contribution in [1.82, 2.24) is 15.1 Å². The van der Waals surface area contributed by atoms with Gasteiger partial charge in [0.2, 0.25) is 0 Å². The monoisotopic (exact) mass is 347 g/mol. The number of hydrogen-bond donors (Lipinski definition) is 2. The number of aryl methyl sites for hydroxylation is 2. The van der Waals surface area contributed by atoms with Gasteiger partial charge < -0.3 is 14.4 Å². The standard InChI is InChI=1S/C17H21N3O5/c1-5-11-13(6-2)18-19-15(21)14(11)16(22)20(4)8-10-7-12(17(23)24)9(3)25-10/h7H,5-6,8H2,1-4H3,(H,19,21)(H,23,24). The van der Waals surface area contributed by atoms with Gasteiger partial charge in [0.25, 0.3) is 11.5 Å². The van der Waals surface area contributed by atoms with Crippen molar-refractivity contribution < 1.29 is 19.1 Å². The lowest BCUT2D eigenvalue weighted by Gasteiger charge is -2.18. The number of carboxylic acid groups (broad SMARTS) is 1. The van der Waals surface area contributed by atoms with E-state index in [1.54, 1.807) is 6.92 Å². The van der Waals surface area contributed by atoms with Crippen molar-refractivity contribution in [2.24, 2.45) is 0 Å². The molecule has 2 N–H and O–H groups in total. The average molecular weight is 347 g/mol. The largest absolute Gasteiger partial charge is 0.478 e. The van der Waals surface area contributed by atoms with E-state index in [0.29, 0.717) is 29.9 Å². The van der Waals surface area contributed by atoms with E-state index in [-0.39, 0.29) is 23.4 Å². The van der Waals surface area contributed by atoms with Gasteiger partial charge in [0.1, 0.15) is 22.6 Å². The number of carbonyl (C=O) groups excluding carboxylic acids is 1. The Hall–Kier alpha value is -2.90. The Kier molecular flexibility index (Phi) is 5.41. The van der Waals surface area contributed by atoms with Gasteiger partial charge in [-0.3, -0.25) is 9.59 Å². The second kappa shape index (κ2) is 7.33. The number of aromatic carboxylic acids is 1. The number of amides is 1. The molecule has 2 aromatic rings. The minimum Gasteiger partial charge on any atom is -0.478 e. The van der Waals surface area contributed by atoms with E-state index in [1.807, 2.05) is 13.8 Å². The van der Waals surface area contributed by atoms with Crippen LogP contribution in [0.3, 0.4) is 0 Å². The summed E-state index contributed by atoms with van der Waals surface area (Å²) >= 11 is 0. The number of rotatable bonds is 6. The third-order valence-corrected chi connectivity index (χ3v) is 4.01. The molecule has 2 heterocycles. The molecule has 2 aromatic heterocycles. The zero-order chi connectivity index (χ0) is 18.7. The van der Waals surface area contributed by atoms with Crippen molar-refractivity contribution in [2.75, 3.05) is 7.05 Å². The Morgan fingerprint density at radius 2 is 2.00 bits per heavy atom. The highest BCUT2D eigenvalue weighted by Crippen LogP contribution is 2.18. The van der Waals surface area contributed by atoms with Gasteiger partial charge >= 0.3 is 5.97 Å². The van der Waals surface area contributed by atoms with E-state index in [0.717, 1.165) is 0 Å². The first kappa shape index (κ1) is 18.4. The molecule has 2 rings (SSSR count). The molecule has 134 valence electrons. The molecule has 0 saturated carbocycles. The van der Waals surface area contributed by atoms with Crippen molar-refractivity contribution in [1.29, 1.82) is 0 Å². The minimum atomic E-state index is -1.09. The first-order valence-electron chi connectivity index (χ1n) is 7.98. The molecule has 0 spiro atoms. The number of H-pyrrole nitrogens is 1. The lowest BCUT2D eigenvalue weighted by Crippen LogP contribution is -2.33. The van der Waals surface area contributed by atoms with Crippen LogP contribution in [0, 0.1) is 6.92 Å². The molecule has 0 unspecified atom stereocenters. The van der Waals surface area contributed by atoms with E-state index in [2.05, 4.69) is 10.2 Å². The Bertz CT molecular complexity index is 866. The van der Waals surface area contributed by atoms with Crippen molar-refractivity contribution >= 4 is 11.9 Å². The molecular weight excluding hydrogens is 326 g/mol. The van der Waals surface area contributed by atoms with Crippen LogP contribution in [0.4, 0.5) is 0 Å². The predicted octanol–water partition coefficient (Wildman–Crippen LogP) is 1.77. The number of aromatic amines is 1. The lowest BCUT2D eigenvalue weighted by molar-refractivity contribution is 0.0694. The van der Waals surface area contributed by atoms with Crippen LogP contribution in [0.5, 0.6) is 0 Å². The fraction of sp³-hybridized carbons (Fsp3) is 0.412. The van der Waals surface area contributed by atoms with Crippen molar-refractivity contribution in [3.63, 3.8) is 0 Å². The van der Waals surface area contributed by atoms with Crippen LogP contribution in [0.15, 0.2) is 15.3 Å². The maximum absolute atomic E-state index is 12.8. The third-order valence-electron chi connectivity index (χ3n) is 4.01. The van der Waals surface area contributed by atoms with Crippen molar-refractivity contribution in [3.05, 3.63) is 50.3 Å². The summed E-state index contributed by atoms with van der Waals surface area (Å²) in [5.41, 5.74) is 0.900. The Labute approximate surface area is 144 Å². The molecule has 0 aliphatic heterocycles. The van der Waals surface area contributed by atoms with Crippen LogP contribution in [-0.2, 0) is 19.4 Å². The molecule has 8 heteroatoms. The summed E-state index contributed by atoms with van der Waals surface area (Å²) in [6.07, 6.45) is 1.11. The van der Waals surface area contributed by atoms with E-state index < -0.39 is 17.4 Å². The van der Waals surface area contributed by atoms with E-state index in [4.69, 9.17) is 9.52 Å². The molecule has 0 saturated heterocycles. The lowest BCUT2D eigenvalue weighted by atomic mass is 10.0. The van der Waals surface area contributed by atoms with E-state index in [1.165, 1.54) is 18.0 Å². The van der Waals surface area contributed by atoms with Gasteiger partial charge in [0.05, 0.1) is 12.2 Å². The number of carboxylic acids is 1. The Balaban J connectivity index is 2.33. The van der Waals surface area contributed by atoms with Crippen LogP contribution in [0.1, 0.15) is 57.3 Å². The molecule has 25 heavy (non-hydrogen) atoms. The third kappa shape index (κ3) is 3.62. The molecule has 1 amide bonds. The van der Waals surface area contributed by atoms with Crippen LogP contribution >= 0.6 is 0 Å². The van der Waals surface area contributed by atoms with Crippen molar-refractivity contribution in [2.45, 2.75) is 40.2 Å². The number of carbonyl (C=O) groups is 2. The fourth-order valence-electron chi connectivity index (χ4n) is 2.75. The van der Waals surface area contributed by atoms with Gasteiger partial charge in [-0.15, -0.1) is 0 Å². The molecular formula is C17H21N3O5. The normalized spacial score (nSPS) is 10.7. The number of hydrogen-bond acceptors (Lipinski definition) is 5. The summed E-state index contributed by atoms with van der Waals surface area (Å²) in [6.45, 7) is 5.36. The SMILES string of the molecule is CCc1n[nH]c(=O)c(C(=O)N(C)Cc2cc(C(=O)O)c(C)o2)c1CC. The van der Waals surface area contributed by atoms with Crippen LogP contribution in [0.25, 0.3) is 0 Å². The van der Waals surface area contributed by atoms with Crippen LogP contribution < -0.4 is 5.56 Å². The molecule has 8 nitrogen and oxygen atoms in total. The molecule has 0 aliphatic rings. The molecule has 0 aromatic carbocycles. The molecule has 0 bridgehead atoms. The van der Waals surface area contributed by atoms with Gasteiger partial charge in [0, 0.05) is 7.05 Å². The zero-order valence-corrected chi connectivity index (χ0v) is 14.7. The Morgan fingerprint density at radius 1 is 1.32 bits per heavy atom. The van der Waals surface area contributed by atoms with Gasteiger partial charge in [0.15, 0.2) is 0 Å². The van der Waals surface area contributed by atoms with Gasteiger partial charge in [-0.2, -0.15) is 5.10 Å². The zero-order valence-electron chi connectivity index (χ0n) is 14.7. The Morgan fingerprint density at radius 3 is 2.52 bits per heavy atom. The van der Waals surface area contributed by atoms with E-state index >= 15 is 0 Å². The summed E-state index contributed by atoms with van der Waals surface area (Å²) in [7, 11) is 1.53. The number of nitrogens with zero attached hydrogens (tertiary/aromatic N) is 2. The maximum atomic E-state index is 12.8. The van der Waals surface area contributed by atoms with Gasteiger partial charge in [-0.1, -0.05) is 13.8 Å². The van der Waals surface area contributed by atoms with Crippen LogP contribution in [-0.4, -0.2) is 39.1 Å². The summed E-state index contributed by atoms with van der Waals surface area (Å²) < 4.78 is 5.39. The van der Waals surface area contributed by atoms with Gasteiger partial charge in [-0.25, -0.2) is 9.89 Å². The number of nitrogens with one attached hydrogen (secondary N) is 1. The minimum absolute atomic E-state index is 0.0549. The first-order chi connectivity index (χ1) is 11.8. The number of aromatic nitrogens is 2. The molecule has 0 aliphatic carbocycles. The highest BCUT2D eigenvalue weighted by Gasteiger charge is 2.23. The average Bonchev–Trinajstić information content (AvgIpc) is 2.94. The molecule has 0 fully saturated rings. The van der Waals surface area contributed by atoms with Crippen molar-refractivity contribution in [3.8, 4) is 0 Å². The predicted molar refractivity (Wildman–Crippen MR) is 89.8 cm³/mol.